The van der Waals surface area contributed by atoms with Gasteiger partial charge in [-0.1, -0.05) is 6.07 Å². The number of phenols is 1. The number of hydrogen-bond acceptors (Lipinski definition) is 7. The Morgan fingerprint density at radius 2 is 1.78 bits per heavy atom. The molecule has 0 amide bonds. The van der Waals surface area contributed by atoms with Crippen LogP contribution >= 0.6 is 15.9 Å². The van der Waals surface area contributed by atoms with E-state index in [9.17, 15) is 5.11 Å². The number of nitrogens with one attached hydrogen (secondary N) is 3. The fourth-order valence-corrected chi connectivity index (χ4v) is 5.66. The molecule has 0 atom stereocenters. The fourth-order valence-electron chi connectivity index (χ4n) is 5.22. The van der Waals surface area contributed by atoms with Crippen molar-refractivity contribution in [2.24, 2.45) is 0 Å². The van der Waals surface area contributed by atoms with Gasteiger partial charge in [-0.2, -0.15) is 15.4 Å². The van der Waals surface area contributed by atoms with Crippen molar-refractivity contribution in [3.63, 3.8) is 0 Å². The van der Waals surface area contributed by atoms with Crippen LogP contribution in [-0.2, 0) is 0 Å². The van der Waals surface area contributed by atoms with Crippen LogP contribution in [0.15, 0.2) is 29.0 Å². The van der Waals surface area contributed by atoms with E-state index in [0.29, 0.717) is 22.4 Å². The number of aromatic nitrogens is 7. The quantitative estimate of drug-likeness (QED) is 0.332. The lowest BCUT2D eigenvalue weighted by Crippen LogP contribution is -2.57. The minimum absolute atomic E-state index is 0.0670. The molecule has 1 aliphatic heterocycles. The third-order valence-corrected chi connectivity index (χ3v) is 6.64. The second-order valence-electron chi connectivity index (χ2n) is 9.79. The zero-order valence-corrected chi connectivity index (χ0v) is 19.9. The first-order valence-corrected chi connectivity index (χ1v) is 11.3. The van der Waals surface area contributed by atoms with E-state index in [1.54, 1.807) is 12.3 Å². The van der Waals surface area contributed by atoms with Gasteiger partial charge in [-0.3, -0.25) is 5.10 Å². The summed E-state index contributed by atoms with van der Waals surface area (Å²) < 4.78 is 0.758. The largest absolute Gasteiger partial charge is 0.507 e. The van der Waals surface area contributed by atoms with Crippen LogP contribution in [0.3, 0.4) is 0 Å². The summed E-state index contributed by atoms with van der Waals surface area (Å²) >= 11 is 3.45. The van der Waals surface area contributed by atoms with Crippen molar-refractivity contribution >= 4 is 27.1 Å². The summed E-state index contributed by atoms with van der Waals surface area (Å²) in [4.78, 5) is 0. The minimum Gasteiger partial charge on any atom is -0.507 e. The normalized spacial score (nSPS) is 18.3. The highest BCUT2D eigenvalue weighted by Crippen LogP contribution is 2.45. The summed E-state index contributed by atoms with van der Waals surface area (Å²) in [5, 5.41) is 41.7. The summed E-state index contributed by atoms with van der Waals surface area (Å²) in [6, 6.07) is 5.54. The van der Waals surface area contributed by atoms with Crippen molar-refractivity contribution < 1.29 is 5.11 Å². The van der Waals surface area contributed by atoms with E-state index in [1.807, 2.05) is 12.1 Å². The van der Waals surface area contributed by atoms with Crippen molar-refractivity contribution in [3.8, 4) is 28.1 Å². The summed E-state index contributed by atoms with van der Waals surface area (Å²) in [5.74, 6) is 0.294. The van der Waals surface area contributed by atoms with Gasteiger partial charge in [0.25, 0.3) is 0 Å². The van der Waals surface area contributed by atoms with Gasteiger partial charge in [-0.25, -0.2) is 0 Å². The molecule has 0 unspecified atom stereocenters. The van der Waals surface area contributed by atoms with Gasteiger partial charge in [0, 0.05) is 27.8 Å². The first-order chi connectivity index (χ1) is 15.1. The number of hydrogen-bond donors (Lipinski definition) is 4. The second-order valence-corrected chi connectivity index (χ2v) is 10.6. The maximum atomic E-state index is 11.0. The average Bonchev–Trinajstić information content (AvgIpc) is 3.33. The lowest BCUT2D eigenvalue weighted by Gasteiger charge is -2.46. The van der Waals surface area contributed by atoms with Crippen molar-refractivity contribution in [1.82, 2.24) is 41.1 Å². The number of benzene rings is 1. The number of phenolic OH excluding ortho intramolecular Hbond substituents is 1. The lowest BCUT2D eigenvalue weighted by atomic mass is 9.72. The molecule has 4 aromatic rings. The highest BCUT2D eigenvalue weighted by atomic mass is 79.9. The smallest absolute Gasteiger partial charge is 0.223 e. The second kappa shape index (κ2) is 7.35. The SMILES string of the molecule is CC1(C)CC(c2c(-c3ccc(-c4cn[nH]c4Br)cc3O)nnc3n[nH]nc23)CC(C)(C)N1. The van der Waals surface area contributed by atoms with Crippen LogP contribution in [0.1, 0.15) is 52.0 Å². The highest BCUT2D eigenvalue weighted by Gasteiger charge is 2.40. The molecule has 10 heteroatoms. The van der Waals surface area contributed by atoms with Gasteiger partial charge >= 0.3 is 0 Å². The van der Waals surface area contributed by atoms with Crippen LogP contribution in [0.25, 0.3) is 33.5 Å². The van der Waals surface area contributed by atoms with E-state index in [-0.39, 0.29) is 22.7 Å². The van der Waals surface area contributed by atoms with Gasteiger partial charge in [0.05, 0.1) is 6.20 Å². The molecule has 5 rings (SSSR count). The maximum Gasteiger partial charge on any atom is 0.223 e. The van der Waals surface area contributed by atoms with Gasteiger partial charge in [0.15, 0.2) is 0 Å². The first kappa shape index (κ1) is 21.0. The van der Waals surface area contributed by atoms with E-state index < -0.39 is 0 Å². The zero-order chi connectivity index (χ0) is 22.7. The van der Waals surface area contributed by atoms with Gasteiger partial charge in [0.2, 0.25) is 5.65 Å². The van der Waals surface area contributed by atoms with Gasteiger partial charge in [-0.05, 0) is 80.1 Å². The van der Waals surface area contributed by atoms with Crippen LogP contribution < -0.4 is 5.32 Å². The number of halogens is 1. The molecule has 32 heavy (non-hydrogen) atoms. The van der Waals surface area contributed by atoms with Crippen LogP contribution in [0, 0.1) is 0 Å². The molecular weight excluding hydrogens is 472 g/mol. The molecule has 4 heterocycles. The van der Waals surface area contributed by atoms with E-state index in [4.69, 9.17) is 0 Å². The molecule has 3 aromatic heterocycles. The van der Waals surface area contributed by atoms with Gasteiger partial charge in [-0.15, -0.1) is 15.3 Å². The van der Waals surface area contributed by atoms with E-state index in [1.165, 1.54) is 0 Å². The van der Waals surface area contributed by atoms with Crippen LogP contribution in [0.5, 0.6) is 5.75 Å². The Morgan fingerprint density at radius 1 is 1.03 bits per heavy atom. The number of piperidine rings is 1. The Hall–Kier alpha value is -2.85. The molecule has 0 bridgehead atoms. The Kier molecular flexibility index (Phi) is 4.82. The van der Waals surface area contributed by atoms with Crippen molar-refractivity contribution in [2.45, 2.75) is 57.5 Å². The Labute approximate surface area is 193 Å². The predicted molar refractivity (Wildman–Crippen MR) is 125 cm³/mol. The minimum atomic E-state index is -0.0670. The number of H-pyrrole nitrogens is 2. The summed E-state index contributed by atoms with van der Waals surface area (Å²) in [6.45, 7) is 8.85. The Balaban J connectivity index is 1.67. The van der Waals surface area contributed by atoms with Crippen LogP contribution in [0.4, 0.5) is 0 Å². The molecule has 166 valence electrons. The van der Waals surface area contributed by atoms with Crippen molar-refractivity contribution in [3.05, 3.63) is 34.6 Å². The summed E-state index contributed by atoms with van der Waals surface area (Å²) in [5.41, 5.74) is 4.99. The topological polar surface area (TPSA) is 128 Å². The highest BCUT2D eigenvalue weighted by molar-refractivity contribution is 9.10. The number of nitrogens with zero attached hydrogens (tertiary/aromatic N) is 5. The van der Waals surface area contributed by atoms with Gasteiger partial charge in [0.1, 0.15) is 21.6 Å². The number of rotatable bonds is 3. The maximum absolute atomic E-state index is 11.0. The Bertz CT molecular complexity index is 1290. The molecule has 1 saturated heterocycles. The molecule has 9 nitrogen and oxygen atoms in total. The molecule has 0 saturated carbocycles. The fraction of sp³-hybridized carbons (Fsp3) is 0.409. The monoisotopic (exact) mass is 496 g/mol. The Morgan fingerprint density at radius 3 is 2.44 bits per heavy atom. The molecule has 0 spiro atoms. The van der Waals surface area contributed by atoms with E-state index >= 15 is 0 Å². The third kappa shape index (κ3) is 3.67. The number of aromatic hydroxyl groups is 1. The van der Waals surface area contributed by atoms with E-state index in [0.717, 1.165) is 34.1 Å². The molecule has 1 fully saturated rings. The van der Waals surface area contributed by atoms with Crippen LogP contribution in [-0.4, -0.2) is 52.0 Å². The molecule has 0 aliphatic carbocycles. The lowest BCUT2D eigenvalue weighted by molar-refractivity contribution is 0.162. The average molecular weight is 497 g/mol. The first-order valence-electron chi connectivity index (χ1n) is 10.5. The molecule has 1 aromatic carbocycles. The molecule has 0 radical (unpaired) electrons. The molecule has 4 N–H and O–H groups in total. The number of fused-ring (bicyclic) bond motifs is 1. The van der Waals surface area contributed by atoms with Gasteiger partial charge < -0.3 is 10.4 Å². The number of aromatic amines is 2. The zero-order valence-electron chi connectivity index (χ0n) is 18.4. The van der Waals surface area contributed by atoms with Crippen molar-refractivity contribution in [1.29, 1.82) is 0 Å². The third-order valence-electron chi connectivity index (χ3n) is 6.04. The molecular formula is C22H25BrN8O. The van der Waals surface area contributed by atoms with E-state index in [2.05, 4.69) is 84.7 Å². The summed E-state index contributed by atoms with van der Waals surface area (Å²) in [7, 11) is 0. The summed E-state index contributed by atoms with van der Waals surface area (Å²) in [6.07, 6.45) is 3.51. The predicted octanol–water partition coefficient (Wildman–Crippen LogP) is 4.30. The standard InChI is InChI=1S/C22H25BrN8O/c1-21(2)8-12(9-22(3,4)30-21)16-17(25-28-20-18(16)26-31-29-20)13-6-5-11(7-15(13)32)14-10-24-27-19(14)23/h5-7,10,12,30,32H,8-9H2,1-4H3,(H,24,27)(H,26,28,29,31). The molecule has 1 aliphatic rings. The van der Waals surface area contributed by atoms with Crippen molar-refractivity contribution in [2.75, 3.05) is 0 Å². The van der Waals surface area contributed by atoms with Crippen LogP contribution in [0.2, 0.25) is 0 Å².